The lowest BCUT2D eigenvalue weighted by molar-refractivity contribution is -0.149. The highest BCUT2D eigenvalue weighted by Gasteiger charge is 2.41. The van der Waals surface area contributed by atoms with E-state index in [0.717, 1.165) is 0 Å². The zero-order valence-electron chi connectivity index (χ0n) is 10.6. The number of Topliss-reactive ketones (excluding diaryl/α,β-unsaturated/α-hetero) is 1. The van der Waals surface area contributed by atoms with Crippen molar-refractivity contribution in [3.8, 4) is 0 Å². The largest absolute Gasteiger partial charge is 0.396 e. The predicted octanol–water partition coefficient (Wildman–Crippen LogP) is 4.61. The normalized spacial score (nSPS) is 12.9. The Balaban J connectivity index is 2.24. The van der Waals surface area contributed by atoms with Gasteiger partial charge in [0, 0.05) is 12.0 Å². The van der Waals surface area contributed by atoms with Gasteiger partial charge < -0.3 is 0 Å². The summed E-state index contributed by atoms with van der Waals surface area (Å²) in [5.74, 6) is -2.27. The first-order chi connectivity index (χ1) is 9.48. The number of halogens is 3. The fourth-order valence-corrected chi connectivity index (χ4v) is 2.04. The Morgan fingerprint density at radius 2 is 1.40 bits per heavy atom. The fraction of sp³-hybridized carbons (Fsp3) is 0.188. The van der Waals surface area contributed by atoms with E-state index < -0.39 is 24.3 Å². The van der Waals surface area contributed by atoms with Gasteiger partial charge in [-0.15, -0.1) is 0 Å². The molecule has 2 aromatic rings. The molecule has 0 aromatic heterocycles. The molecule has 0 saturated heterocycles. The van der Waals surface area contributed by atoms with E-state index in [-0.39, 0.29) is 5.56 Å². The SMILES string of the molecule is O=C(C[C@@H](c1ccccc1)C(F)(F)F)c1ccccc1. The van der Waals surface area contributed by atoms with Gasteiger partial charge in [-0.3, -0.25) is 4.79 Å². The Kier molecular flexibility index (Phi) is 4.23. The summed E-state index contributed by atoms with van der Waals surface area (Å²) in [6.45, 7) is 0. The average Bonchev–Trinajstić information content (AvgIpc) is 2.45. The molecule has 0 radical (unpaired) electrons. The van der Waals surface area contributed by atoms with Crippen molar-refractivity contribution in [1.29, 1.82) is 0 Å². The number of carbonyl (C=O) groups excluding carboxylic acids is 1. The second-order valence-electron chi connectivity index (χ2n) is 4.50. The Morgan fingerprint density at radius 3 is 1.90 bits per heavy atom. The summed E-state index contributed by atoms with van der Waals surface area (Å²) in [4.78, 5) is 12.0. The lowest BCUT2D eigenvalue weighted by Crippen LogP contribution is -2.23. The molecule has 0 aliphatic carbocycles. The second kappa shape index (κ2) is 5.90. The van der Waals surface area contributed by atoms with Crippen LogP contribution in [0.25, 0.3) is 0 Å². The minimum atomic E-state index is -4.44. The predicted molar refractivity (Wildman–Crippen MR) is 70.6 cm³/mol. The van der Waals surface area contributed by atoms with E-state index in [1.165, 1.54) is 24.3 Å². The molecule has 0 bridgehead atoms. The van der Waals surface area contributed by atoms with Gasteiger partial charge in [0.1, 0.15) is 0 Å². The van der Waals surface area contributed by atoms with Crippen LogP contribution in [0, 0.1) is 0 Å². The maximum Gasteiger partial charge on any atom is 0.396 e. The average molecular weight is 278 g/mol. The van der Waals surface area contributed by atoms with Gasteiger partial charge in [0.25, 0.3) is 0 Å². The number of ketones is 1. The van der Waals surface area contributed by atoms with Gasteiger partial charge in [-0.2, -0.15) is 13.2 Å². The van der Waals surface area contributed by atoms with Crippen molar-refractivity contribution < 1.29 is 18.0 Å². The van der Waals surface area contributed by atoms with Crippen LogP contribution in [0.15, 0.2) is 60.7 Å². The Labute approximate surface area is 115 Å². The third-order valence-electron chi connectivity index (χ3n) is 3.08. The van der Waals surface area contributed by atoms with Crippen LogP contribution in [0.2, 0.25) is 0 Å². The zero-order chi connectivity index (χ0) is 14.6. The van der Waals surface area contributed by atoms with E-state index in [1.807, 2.05) is 0 Å². The van der Waals surface area contributed by atoms with Gasteiger partial charge in [0.15, 0.2) is 5.78 Å². The van der Waals surface area contributed by atoms with E-state index in [1.54, 1.807) is 36.4 Å². The van der Waals surface area contributed by atoms with E-state index in [9.17, 15) is 18.0 Å². The molecule has 1 nitrogen and oxygen atoms in total. The van der Waals surface area contributed by atoms with Crippen LogP contribution in [0.5, 0.6) is 0 Å². The molecule has 2 aromatic carbocycles. The highest BCUT2D eigenvalue weighted by molar-refractivity contribution is 5.96. The quantitative estimate of drug-likeness (QED) is 0.747. The third kappa shape index (κ3) is 3.47. The molecule has 0 saturated carbocycles. The Hall–Kier alpha value is -2.10. The molecule has 0 spiro atoms. The van der Waals surface area contributed by atoms with Crippen molar-refractivity contribution in [1.82, 2.24) is 0 Å². The number of hydrogen-bond acceptors (Lipinski definition) is 1. The van der Waals surface area contributed by atoms with Crippen molar-refractivity contribution in [3.63, 3.8) is 0 Å². The summed E-state index contributed by atoms with van der Waals surface area (Å²) in [6, 6.07) is 15.6. The van der Waals surface area contributed by atoms with Gasteiger partial charge in [-0.05, 0) is 5.56 Å². The van der Waals surface area contributed by atoms with Crippen LogP contribution < -0.4 is 0 Å². The monoisotopic (exact) mass is 278 g/mol. The highest BCUT2D eigenvalue weighted by atomic mass is 19.4. The number of benzene rings is 2. The molecule has 1 atom stereocenters. The molecule has 0 aliphatic rings. The summed E-state index contributed by atoms with van der Waals surface area (Å²) in [5, 5.41) is 0. The number of rotatable bonds is 4. The van der Waals surface area contributed by atoms with Crippen LogP contribution in [0.4, 0.5) is 13.2 Å². The maximum absolute atomic E-state index is 13.1. The van der Waals surface area contributed by atoms with Crippen molar-refractivity contribution >= 4 is 5.78 Å². The first-order valence-electron chi connectivity index (χ1n) is 6.18. The van der Waals surface area contributed by atoms with Crippen LogP contribution in [-0.2, 0) is 0 Å². The second-order valence-corrected chi connectivity index (χ2v) is 4.50. The number of hydrogen-bond donors (Lipinski definition) is 0. The highest BCUT2D eigenvalue weighted by Crippen LogP contribution is 2.38. The molecule has 0 N–H and O–H groups in total. The smallest absolute Gasteiger partial charge is 0.294 e. The van der Waals surface area contributed by atoms with Gasteiger partial charge in [0.05, 0.1) is 5.92 Å². The summed E-state index contributed by atoms with van der Waals surface area (Å²) < 4.78 is 39.4. The molecular formula is C16H13F3O. The molecular weight excluding hydrogens is 265 g/mol. The molecule has 20 heavy (non-hydrogen) atoms. The Morgan fingerprint density at radius 1 is 0.900 bits per heavy atom. The van der Waals surface area contributed by atoms with Crippen LogP contribution >= 0.6 is 0 Å². The van der Waals surface area contributed by atoms with Crippen LogP contribution in [0.3, 0.4) is 0 Å². The van der Waals surface area contributed by atoms with Crippen molar-refractivity contribution in [2.45, 2.75) is 18.5 Å². The fourth-order valence-electron chi connectivity index (χ4n) is 2.04. The third-order valence-corrected chi connectivity index (χ3v) is 3.08. The van der Waals surface area contributed by atoms with E-state index in [4.69, 9.17) is 0 Å². The van der Waals surface area contributed by atoms with Gasteiger partial charge in [0.2, 0.25) is 0 Å². The molecule has 2 rings (SSSR count). The maximum atomic E-state index is 13.1. The summed E-state index contributed by atoms with van der Waals surface area (Å²) in [7, 11) is 0. The van der Waals surface area contributed by atoms with Crippen molar-refractivity contribution in [2.24, 2.45) is 0 Å². The molecule has 0 aliphatic heterocycles. The van der Waals surface area contributed by atoms with Crippen molar-refractivity contribution in [3.05, 3.63) is 71.8 Å². The lowest BCUT2D eigenvalue weighted by atomic mass is 9.91. The first-order valence-corrected chi connectivity index (χ1v) is 6.18. The summed E-state index contributed by atoms with van der Waals surface area (Å²) in [5.41, 5.74) is 0.418. The topological polar surface area (TPSA) is 17.1 Å². The van der Waals surface area contributed by atoms with E-state index >= 15 is 0 Å². The van der Waals surface area contributed by atoms with Crippen LogP contribution in [-0.4, -0.2) is 12.0 Å². The summed E-state index contributed by atoms with van der Waals surface area (Å²) >= 11 is 0. The van der Waals surface area contributed by atoms with E-state index in [0.29, 0.717) is 5.56 Å². The van der Waals surface area contributed by atoms with Crippen LogP contribution in [0.1, 0.15) is 28.3 Å². The molecule has 0 unspecified atom stereocenters. The minimum Gasteiger partial charge on any atom is -0.294 e. The Bertz CT molecular complexity index is 561. The first kappa shape index (κ1) is 14.3. The number of carbonyl (C=O) groups is 1. The minimum absolute atomic E-state index is 0.115. The van der Waals surface area contributed by atoms with Crippen molar-refractivity contribution in [2.75, 3.05) is 0 Å². The zero-order valence-corrected chi connectivity index (χ0v) is 10.6. The van der Waals surface area contributed by atoms with Gasteiger partial charge in [-0.25, -0.2) is 0 Å². The molecule has 104 valence electrons. The number of alkyl halides is 3. The van der Waals surface area contributed by atoms with Gasteiger partial charge >= 0.3 is 6.18 Å². The summed E-state index contributed by atoms with van der Waals surface area (Å²) in [6.07, 6.45) is -5.01. The molecule has 0 amide bonds. The van der Waals surface area contributed by atoms with Gasteiger partial charge in [-0.1, -0.05) is 60.7 Å². The molecule has 0 heterocycles. The molecule has 4 heteroatoms. The van der Waals surface area contributed by atoms with E-state index in [2.05, 4.69) is 0 Å². The molecule has 0 fully saturated rings. The lowest BCUT2D eigenvalue weighted by Gasteiger charge is -2.20. The standard InChI is InChI=1S/C16H13F3O/c17-16(18,19)14(12-7-3-1-4-8-12)11-15(20)13-9-5-2-6-10-13/h1-10,14H,11H2/t14-/m0/s1.